The van der Waals surface area contributed by atoms with Crippen molar-refractivity contribution >= 4 is 11.9 Å². The van der Waals surface area contributed by atoms with Crippen molar-refractivity contribution in [2.24, 2.45) is 5.84 Å². The minimum absolute atomic E-state index is 0.490. The molecule has 0 aliphatic carbocycles. The average molecular weight is 235 g/mol. The third-order valence-electron chi connectivity index (χ3n) is 2.87. The number of nitrogens with two attached hydrogens (primary N) is 1. The molecule has 3 amide bonds. The summed E-state index contributed by atoms with van der Waals surface area (Å²) >= 11 is 0. The van der Waals surface area contributed by atoms with Gasteiger partial charge in [0.15, 0.2) is 0 Å². The van der Waals surface area contributed by atoms with Crippen LogP contribution in [0.1, 0.15) is 12.5 Å². The molecule has 1 saturated heterocycles. The molecule has 6 nitrogen and oxygen atoms in total. The Hall–Kier alpha value is -2.08. The Morgan fingerprint density at radius 2 is 2.12 bits per heavy atom. The summed E-state index contributed by atoms with van der Waals surface area (Å²) in [6.45, 7) is 1.61. The molecule has 1 heterocycles. The largest absolute Gasteiger partial charge is 0.497 e. The van der Waals surface area contributed by atoms with Gasteiger partial charge in [-0.15, -0.1) is 0 Å². The lowest BCUT2D eigenvalue weighted by atomic mass is 9.92. The van der Waals surface area contributed by atoms with E-state index in [1.54, 1.807) is 31.2 Å². The van der Waals surface area contributed by atoms with Crippen molar-refractivity contribution in [1.82, 2.24) is 10.3 Å². The number of benzene rings is 1. The van der Waals surface area contributed by atoms with E-state index in [4.69, 9.17) is 10.6 Å². The third kappa shape index (κ3) is 1.62. The van der Waals surface area contributed by atoms with Crippen molar-refractivity contribution < 1.29 is 14.3 Å². The Balaban J connectivity index is 2.45. The molecular weight excluding hydrogens is 222 g/mol. The van der Waals surface area contributed by atoms with E-state index in [2.05, 4.69) is 5.32 Å². The van der Waals surface area contributed by atoms with Crippen LogP contribution in [0.3, 0.4) is 0 Å². The van der Waals surface area contributed by atoms with Crippen LogP contribution in [0.4, 0.5) is 4.79 Å². The summed E-state index contributed by atoms with van der Waals surface area (Å²) in [5, 5.41) is 3.14. The van der Waals surface area contributed by atoms with E-state index in [1.165, 1.54) is 7.11 Å². The number of carbonyl (C=O) groups is 2. The molecule has 17 heavy (non-hydrogen) atoms. The first kappa shape index (κ1) is 11.4. The lowest BCUT2D eigenvalue weighted by Crippen LogP contribution is -2.42. The molecule has 2 rings (SSSR count). The van der Waals surface area contributed by atoms with Gasteiger partial charge in [0.2, 0.25) is 0 Å². The van der Waals surface area contributed by atoms with Gasteiger partial charge in [-0.2, -0.15) is 5.01 Å². The molecule has 1 aromatic rings. The average Bonchev–Trinajstić information content (AvgIpc) is 2.55. The van der Waals surface area contributed by atoms with Crippen molar-refractivity contribution in [2.45, 2.75) is 12.5 Å². The smallest absolute Gasteiger partial charge is 0.339 e. The van der Waals surface area contributed by atoms with E-state index in [-0.39, 0.29) is 0 Å². The van der Waals surface area contributed by atoms with Gasteiger partial charge in [-0.05, 0) is 24.6 Å². The molecule has 1 fully saturated rings. The lowest BCUT2D eigenvalue weighted by molar-refractivity contribution is -0.131. The van der Waals surface area contributed by atoms with E-state index in [9.17, 15) is 9.59 Å². The summed E-state index contributed by atoms with van der Waals surface area (Å²) < 4.78 is 5.08. The summed E-state index contributed by atoms with van der Waals surface area (Å²) in [6, 6.07) is 6.32. The molecule has 0 unspecified atom stereocenters. The number of methoxy groups -OCH3 is 1. The fourth-order valence-electron chi connectivity index (χ4n) is 1.79. The number of rotatable bonds is 2. The summed E-state index contributed by atoms with van der Waals surface area (Å²) in [6.07, 6.45) is 0. The Morgan fingerprint density at radius 3 is 2.65 bits per heavy atom. The number of ether oxygens (including phenoxy) is 1. The predicted octanol–water partition coefficient (Wildman–Crippen LogP) is 0.336. The molecule has 0 bridgehead atoms. The van der Waals surface area contributed by atoms with Gasteiger partial charge in [0.05, 0.1) is 7.11 Å². The molecule has 0 aromatic heterocycles. The quantitative estimate of drug-likeness (QED) is 0.439. The molecular formula is C11H13N3O3. The first-order valence-corrected chi connectivity index (χ1v) is 5.05. The fourth-order valence-corrected chi connectivity index (χ4v) is 1.79. The highest BCUT2D eigenvalue weighted by atomic mass is 16.5. The first-order valence-electron chi connectivity index (χ1n) is 5.05. The second-order valence-electron chi connectivity index (χ2n) is 3.96. The van der Waals surface area contributed by atoms with Crippen LogP contribution in [-0.4, -0.2) is 24.1 Å². The zero-order chi connectivity index (χ0) is 12.6. The molecule has 1 aliphatic rings. The number of carbonyl (C=O) groups excluding carboxylic acids is 2. The van der Waals surface area contributed by atoms with Gasteiger partial charge >= 0.3 is 6.03 Å². The van der Waals surface area contributed by atoms with Crippen LogP contribution in [0.2, 0.25) is 0 Å². The molecule has 1 aliphatic heterocycles. The SMILES string of the molecule is COc1cccc([C@]2(C)NC(=O)N(N)C2=O)c1. The van der Waals surface area contributed by atoms with Crippen LogP contribution in [-0.2, 0) is 10.3 Å². The monoisotopic (exact) mass is 235 g/mol. The van der Waals surface area contributed by atoms with Crippen molar-refractivity contribution in [3.05, 3.63) is 29.8 Å². The number of imide groups is 1. The molecule has 0 spiro atoms. The fraction of sp³-hybridized carbons (Fsp3) is 0.273. The van der Waals surface area contributed by atoms with Crippen LogP contribution < -0.4 is 15.9 Å². The van der Waals surface area contributed by atoms with Crippen LogP contribution in [0, 0.1) is 0 Å². The van der Waals surface area contributed by atoms with Crippen molar-refractivity contribution in [2.75, 3.05) is 7.11 Å². The number of nitrogens with one attached hydrogen (secondary N) is 1. The van der Waals surface area contributed by atoms with Gasteiger partial charge in [0.1, 0.15) is 11.3 Å². The lowest BCUT2D eigenvalue weighted by Gasteiger charge is -2.21. The normalized spacial score (nSPS) is 23.8. The second-order valence-corrected chi connectivity index (χ2v) is 3.96. The Kier molecular flexibility index (Phi) is 2.51. The van der Waals surface area contributed by atoms with Gasteiger partial charge in [-0.1, -0.05) is 12.1 Å². The standard InChI is InChI=1S/C11H13N3O3/c1-11(9(15)14(12)10(16)13-11)7-4-3-5-8(6-7)17-2/h3-6H,12H2,1-2H3,(H,13,16)/t11-/m0/s1. The highest BCUT2D eigenvalue weighted by Crippen LogP contribution is 2.29. The van der Waals surface area contributed by atoms with Gasteiger partial charge in [-0.25, -0.2) is 10.6 Å². The van der Waals surface area contributed by atoms with E-state index in [1.807, 2.05) is 0 Å². The maximum absolute atomic E-state index is 11.9. The van der Waals surface area contributed by atoms with Crippen molar-refractivity contribution in [3.63, 3.8) is 0 Å². The predicted molar refractivity (Wildman–Crippen MR) is 59.9 cm³/mol. The number of hydrazine groups is 1. The van der Waals surface area contributed by atoms with Crippen molar-refractivity contribution in [1.29, 1.82) is 0 Å². The number of hydrogen-bond donors (Lipinski definition) is 2. The maximum Gasteiger partial charge on any atom is 0.339 e. The number of urea groups is 1. The van der Waals surface area contributed by atoms with Gasteiger partial charge in [-0.3, -0.25) is 4.79 Å². The summed E-state index contributed by atoms with van der Waals surface area (Å²) in [4.78, 5) is 23.3. The first-order chi connectivity index (χ1) is 7.99. The molecule has 1 atom stereocenters. The van der Waals surface area contributed by atoms with Crippen molar-refractivity contribution in [3.8, 4) is 5.75 Å². The molecule has 1 aromatic carbocycles. The topological polar surface area (TPSA) is 84.7 Å². The van der Waals surface area contributed by atoms with E-state index in [0.29, 0.717) is 16.3 Å². The van der Waals surface area contributed by atoms with Crippen LogP contribution >= 0.6 is 0 Å². The minimum Gasteiger partial charge on any atom is -0.497 e. The molecule has 0 saturated carbocycles. The number of amides is 3. The third-order valence-corrected chi connectivity index (χ3v) is 2.87. The van der Waals surface area contributed by atoms with E-state index >= 15 is 0 Å². The molecule has 6 heteroatoms. The zero-order valence-corrected chi connectivity index (χ0v) is 9.56. The highest BCUT2D eigenvalue weighted by molar-refractivity contribution is 6.06. The molecule has 0 radical (unpaired) electrons. The maximum atomic E-state index is 11.9. The summed E-state index contributed by atoms with van der Waals surface area (Å²) in [7, 11) is 1.53. The molecule has 90 valence electrons. The summed E-state index contributed by atoms with van der Waals surface area (Å²) in [5.74, 6) is 5.47. The Morgan fingerprint density at radius 1 is 1.41 bits per heavy atom. The second kappa shape index (κ2) is 3.74. The van der Waals surface area contributed by atoms with Crippen LogP contribution in [0.25, 0.3) is 0 Å². The molecule has 3 N–H and O–H groups in total. The Bertz CT molecular complexity index is 489. The zero-order valence-electron chi connectivity index (χ0n) is 9.56. The highest BCUT2D eigenvalue weighted by Gasteiger charge is 2.48. The Labute approximate surface area is 98.3 Å². The minimum atomic E-state index is -1.14. The van der Waals surface area contributed by atoms with Crippen LogP contribution in [0.5, 0.6) is 5.75 Å². The van der Waals surface area contributed by atoms with Gasteiger partial charge in [0, 0.05) is 0 Å². The van der Waals surface area contributed by atoms with E-state index in [0.717, 1.165) is 0 Å². The number of hydrogen-bond acceptors (Lipinski definition) is 4. The van der Waals surface area contributed by atoms with Crippen LogP contribution in [0.15, 0.2) is 24.3 Å². The summed E-state index contributed by atoms with van der Waals surface area (Å²) in [5.41, 5.74) is -0.511. The van der Waals surface area contributed by atoms with E-state index < -0.39 is 17.5 Å². The van der Waals surface area contributed by atoms with Gasteiger partial charge in [0.25, 0.3) is 5.91 Å². The van der Waals surface area contributed by atoms with Gasteiger partial charge < -0.3 is 10.1 Å². The number of nitrogens with zero attached hydrogens (tertiary/aromatic N) is 1.